The SMILES string of the molecule is C=C1CN2Cc3cc(OC)c(OC)cc3[C@H]3CC[C@H](C#N)[C@@H]1[C@H]32. The van der Waals surface area contributed by atoms with Crippen LogP contribution in [0.15, 0.2) is 24.3 Å². The molecule has 4 heteroatoms. The molecule has 4 rings (SSSR count). The fourth-order valence-corrected chi connectivity index (χ4v) is 4.96. The van der Waals surface area contributed by atoms with Gasteiger partial charge in [0.1, 0.15) is 0 Å². The standard InChI is InChI=1S/C19H22N2O2/c1-11-9-21-10-13-6-16(22-2)17(23-3)7-15(13)14-5-4-12(8-20)18(11)19(14)21/h6-7,12,14,18-19H,1,4-5,9-10H2,2-3H3/t12-,14-,18-,19+/m1/s1. The van der Waals surface area contributed by atoms with E-state index in [-0.39, 0.29) is 5.92 Å². The van der Waals surface area contributed by atoms with E-state index in [0.29, 0.717) is 17.9 Å². The van der Waals surface area contributed by atoms with Gasteiger partial charge in [0.2, 0.25) is 0 Å². The van der Waals surface area contributed by atoms with E-state index in [4.69, 9.17) is 9.47 Å². The van der Waals surface area contributed by atoms with Gasteiger partial charge < -0.3 is 9.47 Å². The van der Waals surface area contributed by atoms with Crippen LogP contribution in [0.2, 0.25) is 0 Å². The third-order valence-electron chi connectivity index (χ3n) is 5.89. The van der Waals surface area contributed by atoms with Crippen LogP contribution in [0.3, 0.4) is 0 Å². The van der Waals surface area contributed by atoms with Gasteiger partial charge >= 0.3 is 0 Å². The van der Waals surface area contributed by atoms with Crippen molar-refractivity contribution in [1.29, 1.82) is 5.26 Å². The van der Waals surface area contributed by atoms with Crippen LogP contribution in [0, 0.1) is 23.2 Å². The van der Waals surface area contributed by atoms with Gasteiger partial charge in [-0.3, -0.25) is 4.90 Å². The topological polar surface area (TPSA) is 45.5 Å². The van der Waals surface area contributed by atoms with Crippen molar-refractivity contribution >= 4 is 0 Å². The number of ether oxygens (including phenoxy) is 2. The van der Waals surface area contributed by atoms with Crippen LogP contribution >= 0.6 is 0 Å². The number of methoxy groups -OCH3 is 2. The summed E-state index contributed by atoms with van der Waals surface area (Å²) in [6.07, 6.45) is 2.02. The normalized spacial score (nSPS) is 32.0. The quantitative estimate of drug-likeness (QED) is 0.788. The zero-order valence-corrected chi connectivity index (χ0v) is 13.7. The van der Waals surface area contributed by atoms with Crippen molar-refractivity contribution in [2.75, 3.05) is 20.8 Å². The Morgan fingerprint density at radius 2 is 1.91 bits per heavy atom. The van der Waals surface area contributed by atoms with E-state index in [1.54, 1.807) is 14.2 Å². The van der Waals surface area contributed by atoms with Crippen LogP contribution in [-0.2, 0) is 6.54 Å². The highest BCUT2D eigenvalue weighted by Gasteiger charge is 2.51. The fraction of sp³-hybridized carbons (Fsp3) is 0.526. The van der Waals surface area contributed by atoms with Crippen molar-refractivity contribution in [3.05, 3.63) is 35.4 Å². The molecule has 1 saturated heterocycles. The maximum Gasteiger partial charge on any atom is 0.161 e. The van der Waals surface area contributed by atoms with E-state index < -0.39 is 0 Å². The summed E-state index contributed by atoms with van der Waals surface area (Å²) in [5.74, 6) is 2.50. The summed E-state index contributed by atoms with van der Waals surface area (Å²) in [6, 6.07) is 7.23. The maximum atomic E-state index is 9.52. The molecular weight excluding hydrogens is 288 g/mol. The Morgan fingerprint density at radius 3 is 2.61 bits per heavy atom. The Morgan fingerprint density at radius 1 is 1.17 bits per heavy atom. The van der Waals surface area contributed by atoms with Crippen LogP contribution in [0.4, 0.5) is 0 Å². The smallest absolute Gasteiger partial charge is 0.161 e. The number of hydrogen-bond donors (Lipinski definition) is 0. The van der Waals surface area contributed by atoms with Crippen molar-refractivity contribution in [2.24, 2.45) is 11.8 Å². The van der Waals surface area contributed by atoms with Gasteiger partial charge in [-0.15, -0.1) is 0 Å². The van der Waals surface area contributed by atoms with Crippen molar-refractivity contribution in [3.63, 3.8) is 0 Å². The monoisotopic (exact) mass is 310 g/mol. The molecule has 3 aliphatic rings. The van der Waals surface area contributed by atoms with E-state index in [1.165, 1.54) is 16.7 Å². The maximum absolute atomic E-state index is 9.52. The van der Waals surface area contributed by atoms with E-state index in [1.807, 2.05) is 0 Å². The van der Waals surface area contributed by atoms with Gasteiger partial charge in [0.05, 0.1) is 26.2 Å². The number of benzene rings is 1. The molecule has 0 unspecified atom stereocenters. The minimum atomic E-state index is 0.121. The number of fused-ring (bicyclic) bond motifs is 2. The van der Waals surface area contributed by atoms with Crippen LogP contribution in [0.1, 0.15) is 29.9 Å². The summed E-state index contributed by atoms with van der Waals surface area (Å²) in [5, 5.41) is 9.52. The molecule has 1 aliphatic carbocycles. The molecular formula is C19H22N2O2. The number of hydrogen-bond acceptors (Lipinski definition) is 4. The third kappa shape index (κ3) is 2.00. The van der Waals surface area contributed by atoms with E-state index >= 15 is 0 Å². The molecule has 1 saturated carbocycles. The zero-order chi connectivity index (χ0) is 16.1. The molecule has 120 valence electrons. The molecule has 0 spiro atoms. The van der Waals surface area contributed by atoms with E-state index in [0.717, 1.165) is 37.4 Å². The van der Waals surface area contributed by atoms with Crippen molar-refractivity contribution in [3.8, 4) is 17.6 Å². The van der Waals surface area contributed by atoms with Gasteiger partial charge in [0.25, 0.3) is 0 Å². The zero-order valence-electron chi connectivity index (χ0n) is 13.7. The van der Waals surface area contributed by atoms with Gasteiger partial charge in [0, 0.05) is 31.0 Å². The molecule has 1 aromatic rings. The summed E-state index contributed by atoms with van der Waals surface area (Å²) >= 11 is 0. The lowest BCUT2D eigenvalue weighted by Crippen LogP contribution is -2.46. The molecule has 0 N–H and O–H groups in total. The molecule has 0 bridgehead atoms. The van der Waals surface area contributed by atoms with Crippen molar-refractivity contribution in [2.45, 2.75) is 31.3 Å². The van der Waals surface area contributed by atoms with Crippen LogP contribution < -0.4 is 9.47 Å². The Bertz CT molecular complexity index is 706. The minimum absolute atomic E-state index is 0.121. The largest absolute Gasteiger partial charge is 0.493 e. The first-order valence-corrected chi connectivity index (χ1v) is 8.24. The van der Waals surface area contributed by atoms with Crippen molar-refractivity contribution < 1.29 is 9.47 Å². The second kappa shape index (κ2) is 5.28. The van der Waals surface area contributed by atoms with Crippen molar-refractivity contribution in [1.82, 2.24) is 4.90 Å². The molecule has 0 amide bonds. The highest BCUT2D eigenvalue weighted by atomic mass is 16.5. The fourth-order valence-electron chi connectivity index (χ4n) is 4.96. The third-order valence-corrected chi connectivity index (χ3v) is 5.89. The summed E-state index contributed by atoms with van der Waals surface area (Å²) in [4.78, 5) is 2.51. The first-order chi connectivity index (χ1) is 11.2. The Kier molecular flexibility index (Phi) is 3.35. The van der Waals surface area contributed by atoms with Gasteiger partial charge in [-0.2, -0.15) is 5.26 Å². The summed E-state index contributed by atoms with van der Waals surface area (Å²) in [7, 11) is 3.37. The Balaban J connectivity index is 1.81. The van der Waals surface area contributed by atoms with Gasteiger partial charge in [-0.25, -0.2) is 0 Å². The lowest BCUT2D eigenvalue weighted by atomic mass is 9.66. The predicted octanol–water partition coefficient (Wildman–Crippen LogP) is 3.09. The summed E-state index contributed by atoms with van der Waals surface area (Å²) in [5.41, 5.74) is 3.94. The molecule has 4 atom stereocenters. The molecule has 2 heterocycles. The predicted molar refractivity (Wildman–Crippen MR) is 87.5 cm³/mol. The van der Waals surface area contributed by atoms with E-state index in [2.05, 4.69) is 29.7 Å². The number of rotatable bonds is 2. The molecule has 0 aromatic heterocycles. The van der Waals surface area contributed by atoms with Gasteiger partial charge in [0.15, 0.2) is 11.5 Å². The van der Waals surface area contributed by atoms with Crippen LogP contribution in [0.25, 0.3) is 0 Å². The number of nitrogens with zero attached hydrogens (tertiary/aromatic N) is 2. The lowest BCUT2D eigenvalue weighted by molar-refractivity contribution is 0.117. The van der Waals surface area contributed by atoms with Gasteiger partial charge in [-0.05, 0) is 36.1 Å². The average Bonchev–Trinajstić information content (AvgIpc) is 2.91. The minimum Gasteiger partial charge on any atom is -0.493 e. The highest BCUT2D eigenvalue weighted by Crippen LogP contribution is 2.53. The second-order valence-corrected chi connectivity index (χ2v) is 6.91. The van der Waals surface area contributed by atoms with Crippen LogP contribution in [0.5, 0.6) is 11.5 Å². The van der Waals surface area contributed by atoms with Gasteiger partial charge in [-0.1, -0.05) is 12.2 Å². The highest BCUT2D eigenvalue weighted by molar-refractivity contribution is 5.51. The van der Waals surface area contributed by atoms with E-state index in [9.17, 15) is 5.26 Å². The Hall–Kier alpha value is -1.99. The number of nitriles is 1. The molecule has 1 aromatic carbocycles. The molecule has 2 aliphatic heterocycles. The summed E-state index contributed by atoms with van der Waals surface area (Å²) in [6.45, 7) is 6.11. The summed E-state index contributed by atoms with van der Waals surface area (Å²) < 4.78 is 11.0. The first kappa shape index (κ1) is 14.6. The average molecular weight is 310 g/mol. The molecule has 2 fully saturated rings. The Labute approximate surface area is 137 Å². The van der Waals surface area contributed by atoms with Crippen LogP contribution in [-0.4, -0.2) is 31.7 Å². The molecule has 0 radical (unpaired) electrons. The molecule has 4 nitrogen and oxygen atoms in total. The lowest BCUT2D eigenvalue weighted by Gasteiger charge is -2.45. The molecule has 23 heavy (non-hydrogen) atoms. The second-order valence-electron chi connectivity index (χ2n) is 6.91. The first-order valence-electron chi connectivity index (χ1n) is 8.24.